The van der Waals surface area contributed by atoms with E-state index in [1.54, 1.807) is 6.07 Å². The van der Waals surface area contributed by atoms with Crippen molar-refractivity contribution in [2.45, 2.75) is 31.6 Å². The van der Waals surface area contributed by atoms with Gasteiger partial charge in [0.25, 0.3) is 0 Å². The van der Waals surface area contributed by atoms with Gasteiger partial charge in [0, 0.05) is 30.5 Å². The van der Waals surface area contributed by atoms with Gasteiger partial charge in [-0.25, -0.2) is 8.78 Å². The highest BCUT2D eigenvalue weighted by Gasteiger charge is 2.37. The van der Waals surface area contributed by atoms with E-state index in [1.807, 2.05) is 0 Å². The Balaban J connectivity index is 1.96. The van der Waals surface area contributed by atoms with E-state index >= 15 is 0 Å². The molecule has 4 nitrogen and oxygen atoms in total. The number of halogens is 2. The molecule has 0 saturated heterocycles. The molecule has 0 aliphatic heterocycles. The number of hydrogen-bond donors (Lipinski definition) is 2. The van der Waals surface area contributed by atoms with E-state index in [9.17, 15) is 18.7 Å². The van der Waals surface area contributed by atoms with Crippen molar-refractivity contribution in [2.24, 2.45) is 5.92 Å². The first-order valence-corrected chi connectivity index (χ1v) is 6.47. The summed E-state index contributed by atoms with van der Waals surface area (Å²) in [5.74, 6) is -3.11. The van der Waals surface area contributed by atoms with E-state index in [0.29, 0.717) is 11.4 Å². The molecule has 0 spiro atoms. The van der Waals surface area contributed by atoms with Crippen LogP contribution in [0.5, 0.6) is 11.5 Å². The van der Waals surface area contributed by atoms with Gasteiger partial charge in [-0.15, -0.1) is 0 Å². The van der Waals surface area contributed by atoms with Gasteiger partial charge in [0.15, 0.2) is 11.5 Å². The van der Waals surface area contributed by atoms with Gasteiger partial charge in [0.2, 0.25) is 11.8 Å². The molecular weight excluding hydrogens is 268 g/mol. The van der Waals surface area contributed by atoms with Gasteiger partial charge in [0.05, 0.1) is 7.11 Å². The Labute approximate surface area is 115 Å². The summed E-state index contributed by atoms with van der Waals surface area (Å²) in [5.41, 5.74) is 0.422. The molecule has 1 aromatic carbocycles. The third-order valence-corrected chi connectivity index (χ3v) is 3.53. The standard InChI is InChI=1S/C14H17F2NO3/c1-20-12-3-2-10(8-11(12)18)17-13(19)9-4-6-14(15,16)7-5-9/h2-3,8-9,18H,4-7H2,1H3,(H,17,19). The second kappa shape index (κ2) is 5.64. The zero-order chi connectivity index (χ0) is 14.8. The Morgan fingerprint density at radius 1 is 1.40 bits per heavy atom. The van der Waals surface area contributed by atoms with Crippen LogP contribution in [0.15, 0.2) is 18.2 Å². The minimum atomic E-state index is -2.64. The Bertz CT molecular complexity index is 495. The number of phenolic OH excluding ortho intramolecular Hbond substituents is 1. The van der Waals surface area contributed by atoms with Crippen LogP contribution in [0.2, 0.25) is 0 Å². The van der Waals surface area contributed by atoms with Gasteiger partial charge in [0.1, 0.15) is 0 Å². The number of nitrogens with one attached hydrogen (secondary N) is 1. The fraction of sp³-hybridized carbons (Fsp3) is 0.500. The minimum Gasteiger partial charge on any atom is -0.504 e. The molecule has 0 radical (unpaired) electrons. The monoisotopic (exact) mass is 285 g/mol. The average Bonchev–Trinajstić information content (AvgIpc) is 2.38. The van der Waals surface area contributed by atoms with Crippen molar-refractivity contribution in [1.29, 1.82) is 0 Å². The zero-order valence-corrected chi connectivity index (χ0v) is 11.2. The second-order valence-corrected chi connectivity index (χ2v) is 5.01. The highest BCUT2D eigenvalue weighted by Crippen LogP contribution is 2.37. The third kappa shape index (κ3) is 3.37. The summed E-state index contributed by atoms with van der Waals surface area (Å²) in [4.78, 5) is 12.0. The van der Waals surface area contributed by atoms with E-state index in [0.717, 1.165) is 0 Å². The number of ether oxygens (including phenoxy) is 1. The van der Waals surface area contributed by atoms with Gasteiger partial charge >= 0.3 is 0 Å². The van der Waals surface area contributed by atoms with Gasteiger partial charge < -0.3 is 15.2 Å². The molecule has 0 atom stereocenters. The van der Waals surface area contributed by atoms with Crippen LogP contribution in [-0.4, -0.2) is 24.0 Å². The first-order valence-electron chi connectivity index (χ1n) is 6.47. The normalized spacial score (nSPS) is 18.6. The SMILES string of the molecule is COc1ccc(NC(=O)C2CCC(F)(F)CC2)cc1O. The van der Waals surface area contributed by atoms with Crippen LogP contribution in [-0.2, 0) is 4.79 Å². The molecule has 2 N–H and O–H groups in total. The van der Waals surface area contributed by atoms with Crippen LogP contribution in [0, 0.1) is 5.92 Å². The lowest BCUT2D eigenvalue weighted by molar-refractivity contribution is -0.124. The van der Waals surface area contributed by atoms with Crippen molar-refractivity contribution in [3.8, 4) is 11.5 Å². The summed E-state index contributed by atoms with van der Waals surface area (Å²) in [6.45, 7) is 0. The van der Waals surface area contributed by atoms with Gasteiger partial charge in [-0.1, -0.05) is 0 Å². The lowest BCUT2D eigenvalue weighted by atomic mass is 9.86. The largest absolute Gasteiger partial charge is 0.504 e. The summed E-state index contributed by atoms with van der Waals surface area (Å²) >= 11 is 0. The molecule has 20 heavy (non-hydrogen) atoms. The van der Waals surface area contributed by atoms with Crippen LogP contribution >= 0.6 is 0 Å². The molecule has 1 saturated carbocycles. The molecule has 1 aromatic rings. The van der Waals surface area contributed by atoms with Crippen LogP contribution in [0.1, 0.15) is 25.7 Å². The van der Waals surface area contributed by atoms with Crippen LogP contribution in [0.4, 0.5) is 14.5 Å². The molecule has 0 unspecified atom stereocenters. The van der Waals surface area contributed by atoms with Crippen molar-refractivity contribution in [3.63, 3.8) is 0 Å². The first kappa shape index (κ1) is 14.6. The predicted molar refractivity (Wildman–Crippen MR) is 70.2 cm³/mol. The Morgan fingerprint density at radius 2 is 2.05 bits per heavy atom. The fourth-order valence-corrected chi connectivity index (χ4v) is 2.31. The van der Waals surface area contributed by atoms with E-state index in [-0.39, 0.29) is 37.3 Å². The molecular formula is C14H17F2NO3. The quantitative estimate of drug-likeness (QED) is 0.896. The van der Waals surface area contributed by atoms with Crippen molar-refractivity contribution >= 4 is 11.6 Å². The lowest BCUT2D eigenvalue weighted by Gasteiger charge is -2.27. The molecule has 1 fully saturated rings. The third-order valence-electron chi connectivity index (χ3n) is 3.53. The molecule has 1 aliphatic carbocycles. The number of anilines is 1. The number of phenols is 1. The summed E-state index contributed by atoms with van der Waals surface area (Å²) in [7, 11) is 1.43. The maximum absolute atomic E-state index is 13.0. The maximum Gasteiger partial charge on any atom is 0.248 e. The van der Waals surface area contributed by atoms with Gasteiger partial charge in [-0.05, 0) is 25.0 Å². The molecule has 6 heteroatoms. The maximum atomic E-state index is 13.0. The van der Waals surface area contributed by atoms with Crippen LogP contribution in [0.3, 0.4) is 0 Å². The topological polar surface area (TPSA) is 58.6 Å². The molecule has 0 aromatic heterocycles. The zero-order valence-electron chi connectivity index (χ0n) is 11.2. The predicted octanol–water partition coefficient (Wildman–Crippen LogP) is 3.16. The highest BCUT2D eigenvalue weighted by atomic mass is 19.3. The molecule has 2 rings (SSSR count). The number of carbonyl (C=O) groups is 1. The smallest absolute Gasteiger partial charge is 0.248 e. The van der Waals surface area contributed by atoms with Gasteiger partial charge in [-0.3, -0.25) is 4.79 Å². The number of benzene rings is 1. The van der Waals surface area contributed by atoms with E-state index < -0.39 is 11.8 Å². The number of hydrogen-bond acceptors (Lipinski definition) is 3. The van der Waals surface area contributed by atoms with E-state index in [1.165, 1.54) is 19.2 Å². The van der Waals surface area contributed by atoms with Crippen molar-refractivity contribution < 1.29 is 23.4 Å². The summed E-state index contributed by atoms with van der Waals surface area (Å²) in [6, 6.07) is 4.49. The summed E-state index contributed by atoms with van der Waals surface area (Å²) in [6.07, 6.45) is -0.139. The van der Waals surface area contributed by atoms with Gasteiger partial charge in [-0.2, -0.15) is 0 Å². The van der Waals surface area contributed by atoms with Crippen molar-refractivity contribution in [3.05, 3.63) is 18.2 Å². The lowest BCUT2D eigenvalue weighted by Crippen LogP contribution is -2.31. The number of methoxy groups -OCH3 is 1. The molecule has 1 amide bonds. The van der Waals surface area contributed by atoms with Crippen molar-refractivity contribution in [1.82, 2.24) is 0 Å². The molecule has 0 heterocycles. The molecule has 110 valence electrons. The molecule has 0 bridgehead atoms. The van der Waals surface area contributed by atoms with E-state index in [2.05, 4.69) is 5.32 Å². The average molecular weight is 285 g/mol. The number of aromatic hydroxyl groups is 1. The Kier molecular flexibility index (Phi) is 4.11. The van der Waals surface area contributed by atoms with Crippen LogP contribution in [0.25, 0.3) is 0 Å². The summed E-state index contributed by atoms with van der Waals surface area (Å²) in [5, 5.41) is 12.2. The number of amides is 1. The Hall–Kier alpha value is -1.85. The number of rotatable bonds is 3. The first-order chi connectivity index (χ1) is 9.41. The van der Waals surface area contributed by atoms with E-state index in [4.69, 9.17) is 4.74 Å². The number of alkyl halides is 2. The minimum absolute atomic E-state index is 0.0829. The van der Waals surface area contributed by atoms with Crippen molar-refractivity contribution in [2.75, 3.05) is 12.4 Å². The number of carbonyl (C=O) groups excluding carboxylic acids is 1. The summed E-state index contributed by atoms with van der Waals surface area (Å²) < 4.78 is 30.9. The Morgan fingerprint density at radius 3 is 2.60 bits per heavy atom. The second-order valence-electron chi connectivity index (χ2n) is 5.01. The molecule has 1 aliphatic rings. The van der Waals surface area contributed by atoms with Crippen LogP contribution < -0.4 is 10.1 Å². The highest BCUT2D eigenvalue weighted by molar-refractivity contribution is 5.92. The fourth-order valence-electron chi connectivity index (χ4n) is 2.31.